The van der Waals surface area contributed by atoms with Crippen molar-refractivity contribution < 1.29 is 4.79 Å². The standard InChI is InChI=1S/C11H18N4OS/c1-11(2,9(12)17)10(16)14-5-4-8-13-6-7-15(8)3/h6-7H,4-5H2,1-3H3,(H2,12,17)(H,14,16). The lowest BCUT2D eigenvalue weighted by Gasteiger charge is -2.21. The van der Waals surface area contributed by atoms with Crippen molar-refractivity contribution in [1.82, 2.24) is 14.9 Å². The third kappa shape index (κ3) is 3.26. The maximum absolute atomic E-state index is 11.8. The molecule has 6 heteroatoms. The van der Waals surface area contributed by atoms with Gasteiger partial charge in [0.2, 0.25) is 5.91 Å². The summed E-state index contributed by atoms with van der Waals surface area (Å²) in [6.07, 6.45) is 4.29. The van der Waals surface area contributed by atoms with Gasteiger partial charge in [0.15, 0.2) is 0 Å². The molecule has 1 amide bonds. The van der Waals surface area contributed by atoms with Gasteiger partial charge in [0.05, 0.1) is 10.4 Å². The van der Waals surface area contributed by atoms with Crippen molar-refractivity contribution in [3.63, 3.8) is 0 Å². The molecule has 1 rings (SSSR count). The van der Waals surface area contributed by atoms with E-state index in [2.05, 4.69) is 10.3 Å². The fraction of sp³-hybridized carbons (Fsp3) is 0.545. The van der Waals surface area contributed by atoms with Crippen molar-refractivity contribution in [2.75, 3.05) is 6.54 Å². The second kappa shape index (κ2) is 5.27. The summed E-state index contributed by atoms with van der Waals surface area (Å²) in [5, 5.41) is 2.81. The summed E-state index contributed by atoms with van der Waals surface area (Å²) < 4.78 is 1.92. The monoisotopic (exact) mass is 254 g/mol. The largest absolute Gasteiger partial charge is 0.392 e. The van der Waals surface area contributed by atoms with E-state index in [4.69, 9.17) is 18.0 Å². The minimum atomic E-state index is -0.809. The smallest absolute Gasteiger partial charge is 0.232 e. The molecule has 0 unspecified atom stereocenters. The molecule has 0 saturated heterocycles. The number of carbonyl (C=O) groups is 1. The van der Waals surface area contributed by atoms with Crippen molar-refractivity contribution in [1.29, 1.82) is 0 Å². The summed E-state index contributed by atoms with van der Waals surface area (Å²) in [5.74, 6) is 0.776. The fourth-order valence-electron chi connectivity index (χ4n) is 1.26. The topological polar surface area (TPSA) is 72.9 Å². The average Bonchev–Trinajstić information content (AvgIpc) is 2.64. The van der Waals surface area contributed by atoms with E-state index in [1.165, 1.54) is 0 Å². The van der Waals surface area contributed by atoms with E-state index in [-0.39, 0.29) is 10.9 Å². The van der Waals surface area contributed by atoms with E-state index < -0.39 is 5.41 Å². The first-order valence-corrected chi connectivity index (χ1v) is 5.81. The molecule has 0 saturated carbocycles. The van der Waals surface area contributed by atoms with Gasteiger partial charge < -0.3 is 15.6 Å². The molecule has 0 fully saturated rings. The van der Waals surface area contributed by atoms with Gasteiger partial charge in [-0.3, -0.25) is 4.79 Å². The fourth-order valence-corrected chi connectivity index (χ4v) is 1.35. The molecule has 1 heterocycles. The zero-order valence-corrected chi connectivity index (χ0v) is 11.2. The molecule has 0 atom stereocenters. The number of carbonyl (C=O) groups excluding carboxylic acids is 1. The minimum Gasteiger partial charge on any atom is -0.392 e. The number of imidazole rings is 1. The first-order valence-electron chi connectivity index (χ1n) is 5.40. The van der Waals surface area contributed by atoms with Crippen molar-refractivity contribution in [3.05, 3.63) is 18.2 Å². The van der Waals surface area contributed by atoms with Crippen molar-refractivity contribution >= 4 is 23.1 Å². The highest BCUT2D eigenvalue weighted by Gasteiger charge is 2.30. The molecule has 0 radical (unpaired) electrons. The first kappa shape index (κ1) is 13.6. The van der Waals surface area contributed by atoms with Crippen LogP contribution in [0.15, 0.2) is 12.4 Å². The predicted molar refractivity (Wildman–Crippen MR) is 70.5 cm³/mol. The second-order valence-corrected chi connectivity index (χ2v) is 4.89. The zero-order chi connectivity index (χ0) is 13.1. The van der Waals surface area contributed by atoms with E-state index >= 15 is 0 Å². The van der Waals surface area contributed by atoms with Crippen molar-refractivity contribution in [2.24, 2.45) is 18.2 Å². The number of nitrogens with two attached hydrogens (primary N) is 1. The van der Waals surface area contributed by atoms with Gasteiger partial charge in [0.25, 0.3) is 0 Å². The summed E-state index contributed by atoms with van der Waals surface area (Å²) in [6, 6.07) is 0. The Labute approximate surface area is 106 Å². The molecule has 0 aliphatic heterocycles. The van der Waals surface area contributed by atoms with Gasteiger partial charge in [-0.05, 0) is 13.8 Å². The van der Waals surface area contributed by atoms with Gasteiger partial charge >= 0.3 is 0 Å². The van der Waals surface area contributed by atoms with E-state index in [1.807, 2.05) is 17.8 Å². The van der Waals surface area contributed by atoms with E-state index in [1.54, 1.807) is 20.0 Å². The van der Waals surface area contributed by atoms with E-state index in [0.29, 0.717) is 13.0 Å². The molecule has 1 aromatic rings. The number of hydrogen-bond acceptors (Lipinski definition) is 3. The van der Waals surface area contributed by atoms with Gasteiger partial charge in [0, 0.05) is 32.4 Å². The molecule has 3 N–H and O–H groups in total. The Morgan fingerprint density at radius 2 is 2.29 bits per heavy atom. The Hall–Kier alpha value is -1.43. The highest BCUT2D eigenvalue weighted by atomic mass is 32.1. The normalized spacial score (nSPS) is 11.2. The molecule has 5 nitrogen and oxygen atoms in total. The van der Waals surface area contributed by atoms with Crippen molar-refractivity contribution in [3.8, 4) is 0 Å². The van der Waals surface area contributed by atoms with Gasteiger partial charge in [-0.15, -0.1) is 0 Å². The minimum absolute atomic E-state index is 0.154. The number of thiocarbonyl (C=S) groups is 1. The molecule has 0 aliphatic carbocycles. The number of hydrogen-bond donors (Lipinski definition) is 2. The number of nitrogens with one attached hydrogen (secondary N) is 1. The molecule has 94 valence electrons. The van der Waals surface area contributed by atoms with Crippen LogP contribution in [0.5, 0.6) is 0 Å². The lowest BCUT2D eigenvalue weighted by Crippen LogP contribution is -2.45. The van der Waals surface area contributed by atoms with Crippen LogP contribution in [0.4, 0.5) is 0 Å². The number of rotatable bonds is 5. The van der Waals surface area contributed by atoms with Gasteiger partial charge in [-0.25, -0.2) is 4.98 Å². The summed E-state index contributed by atoms with van der Waals surface area (Å²) in [5.41, 5.74) is 4.71. The number of amides is 1. The molecular formula is C11H18N4OS. The molecule has 17 heavy (non-hydrogen) atoms. The van der Waals surface area contributed by atoms with E-state index in [9.17, 15) is 4.79 Å². The van der Waals surface area contributed by atoms with Crippen LogP contribution < -0.4 is 11.1 Å². The van der Waals surface area contributed by atoms with Crippen LogP contribution in [0.3, 0.4) is 0 Å². The second-order valence-electron chi connectivity index (χ2n) is 4.45. The lowest BCUT2D eigenvalue weighted by atomic mass is 9.92. The summed E-state index contributed by atoms with van der Waals surface area (Å²) in [7, 11) is 1.92. The number of aromatic nitrogens is 2. The quantitative estimate of drug-likeness (QED) is 0.746. The van der Waals surface area contributed by atoms with Crippen LogP contribution in [0.2, 0.25) is 0 Å². The molecule has 0 aliphatic rings. The predicted octanol–water partition coefficient (Wildman–Crippen LogP) is 0.391. The Bertz CT molecular complexity index is 425. The highest BCUT2D eigenvalue weighted by molar-refractivity contribution is 7.80. The van der Waals surface area contributed by atoms with E-state index in [0.717, 1.165) is 5.82 Å². The average molecular weight is 254 g/mol. The maximum Gasteiger partial charge on any atom is 0.232 e. The third-order valence-corrected chi connectivity index (χ3v) is 3.25. The molecular weight excluding hydrogens is 236 g/mol. The lowest BCUT2D eigenvalue weighted by molar-refractivity contribution is -0.126. The molecule has 0 bridgehead atoms. The Morgan fingerprint density at radius 3 is 2.76 bits per heavy atom. The van der Waals surface area contributed by atoms with Gasteiger partial charge in [0.1, 0.15) is 5.82 Å². The number of aryl methyl sites for hydroxylation is 1. The summed E-state index contributed by atoms with van der Waals surface area (Å²) in [4.78, 5) is 16.2. The SMILES string of the molecule is Cn1ccnc1CCNC(=O)C(C)(C)C(N)=S. The van der Waals surface area contributed by atoms with Crippen LogP contribution in [0, 0.1) is 5.41 Å². The first-order chi connectivity index (χ1) is 7.85. The third-order valence-electron chi connectivity index (χ3n) is 2.74. The van der Waals surface area contributed by atoms with Crippen LogP contribution >= 0.6 is 12.2 Å². The van der Waals surface area contributed by atoms with Crippen LogP contribution in [-0.2, 0) is 18.3 Å². The van der Waals surface area contributed by atoms with Crippen molar-refractivity contribution in [2.45, 2.75) is 20.3 Å². The molecule has 1 aromatic heterocycles. The van der Waals surface area contributed by atoms with Crippen LogP contribution in [-0.4, -0.2) is 27.0 Å². The highest BCUT2D eigenvalue weighted by Crippen LogP contribution is 2.15. The van der Waals surface area contributed by atoms with Gasteiger partial charge in [-0.1, -0.05) is 12.2 Å². The van der Waals surface area contributed by atoms with Gasteiger partial charge in [-0.2, -0.15) is 0 Å². The number of nitrogens with zero attached hydrogens (tertiary/aromatic N) is 2. The Balaban J connectivity index is 2.45. The summed E-state index contributed by atoms with van der Waals surface area (Å²) >= 11 is 4.86. The van der Waals surface area contributed by atoms with Crippen LogP contribution in [0.1, 0.15) is 19.7 Å². The maximum atomic E-state index is 11.8. The Kier molecular flexibility index (Phi) is 4.22. The van der Waals surface area contributed by atoms with Crippen LogP contribution in [0.25, 0.3) is 0 Å². The molecule has 0 spiro atoms. The zero-order valence-electron chi connectivity index (χ0n) is 10.4. The summed E-state index contributed by atoms with van der Waals surface area (Å²) in [6.45, 7) is 3.95. The Morgan fingerprint density at radius 1 is 1.65 bits per heavy atom. The molecule has 0 aromatic carbocycles.